The summed E-state index contributed by atoms with van der Waals surface area (Å²) in [6.45, 7) is 1.90. The Hall–Kier alpha value is -1.95. The lowest BCUT2D eigenvalue weighted by atomic mass is 9.83. The number of hydrogen-bond donors (Lipinski definition) is 0. The quantitative estimate of drug-likeness (QED) is 0.613. The molecule has 1 fully saturated rings. The highest BCUT2D eigenvalue weighted by Gasteiger charge is 2.23. The molecule has 3 heteroatoms. The number of aryl methyl sites for hydroxylation is 1. The second-order valence-corrected chi connectivity index (χ2v) is 5.10. The van der Waals surface area contributed by atoms with Crippen molar-refractivity contribution < 1.29 is 4.79 Å². The number of hydrogen-bond acceptors (Lipinski definition) is 3. The molecule has 0 spiro atoms. The predicted octanol–water partition coefficient (Wildman–Crippen LogP) is 3.45. The van der Waals surface area contributed by atoms with Crippen LogP contribution >= 0.6 is 0 Å². The highest BCUT2D eigenvalue weighted by atomic mass is 16.1. The SMILES string of the molecule is Cc1cc(/C=C(\C#N)C(=O)C2CCCCC2)ccn1. The first kappa shape index (κ1) is 13.5. The van der Waals surface area contributed by atoms with E-state index in [9.17, 15) is 10.1 Å². The van der Waals surface area contributed by atoms with Crippen LogP contribution in [0, 0.1) is 24.2 Å². The van der Waals surface area contributed by atoms with Gasteiger partial charge >= 0.3 is 0 Å². The third-order valence-corrected chi connectivity index (χ3v) is 3.59. The third-order valence-electron chi connectivity index (χ3n) is 3.59. The predicted molar refractivity (Wildman–Crippen MR) is 74.1 cm³/mol. The molecule has 0 unspecified atom stereocenters. The molecule has 1 aromatic rings. The molecule has 0 aromatic carbocycles. The molecule has 98 valence electrons. The van der Waals surface area contributed by atoms with Gasteiger partial charge in [0.05, 0.1) is 5.57 Å². The van der Waals surface area contributed by atoms with Gasteiger partial charge in [-0.3, -0.25) is 9.78 Å². The summed E-state index contributed by atoms with van der Waals surface area (Å²) < 4.78 is 0. The second-order valence-electron chi connectivity index (χ2n) is 5.10. The van der Waals surface area contributed by atoms with E-state index < -0.39 is 0 Å². The fraction of sp³-hybridized carbons (Fsp3) is 0.438. The first-order valence-corrected chi connectivity index (χ1v) is 6.79. The Bertz CT molecular complexity index is 534. The van der Waals surface area contributed by atoms with Crippen LogP contribution in [0.1, 0.15) is 43.4 Å². The largest absolute Gasteiger partial charge is 0.293 e. The molecular formula is C16H18N2O. The van der Waals surface area contributed by atoms with Gasteiger partial charge in [-0.15, -0.1) is 0 Å². The first-order valence-electron chi connectivity index (χ1n) is 6.79. The fourth-order valence-electron chi connectivity index (χ4n) is 2.57. The lowest BCUT2D eigenvalue weighted by Gasteiger charge is -2.19. The van der Waals surface area contributed by atoms with Crippen LogP contribution in [0.2, 0.25) is 0 Å². The number of aromatic nitrogens is 1. The maximum atomic E-state index is 12.3. The molecule has 19 heavy (non-hydrogen) atoms. The molecule has 0 aliphatic heterocycles. The van der Waals surface area contributed by atoms with Gasteiger partial charge in [-0.1, -0.05) is 19.3 Å². The molecule has 0 amide bonds. The molecule has 0 bridgehead atoms. The van der Waals surface area contributed by atoms with Crippen LogP contribution in [-0.2, 0) is 4.79 Å². The highest BCUT2D eigenvalue weighted by Crippen LogP contribution is 2.27. The zero-order valence-corrected chi connectivity index (χ0v) is 11.2. The molecule has 0 saturated heterocycles. The second kappa shape index (κ2) is 6.29. The molecule has 1 saturated carbocycles. The van der Waals surface area contributed by atoms with Gasteiger partial charge in [0.1, 0.15) is 6.07 Å². The van der Waals surface area contributed by atoms with Crippen LogP contribution in [0.15, 0.2) is 23.9 Å². The summed E-state index contributed by atoms with van der Waals surface area (Å²) >= 11 is 0. The van der Waals surface area contributed by atoms with Crippen molar-refractivity contribution in [1.29, 1.82) is 5.26 Å². The van der Waals surface area contributed by atoms with Gasteiger partial charge in [0.15, 0.2) is 5.78 Å². The monoisotopic (exact) mass is 254 g/mol. The summed E-state index contributed by atoms with van der Waals surface area (Å²) in [6.07, 6.45) is 8.64. The van der Waals surface area contributed by atoms with Crippen molar-refractivity contribution in [3.05, 3.63) is 35.2 Å². The average molecular weight is 254 g/mol. The van der Waals surface area contributed by atoms with Crippen molar-refractivity contribution >= 4 is 11.9 Å². The van der Waals surface area contributed by atoms with Crippen LogP contribution in [0.5, 0.6) is 0 Å². The molecule has 1 aromatic heterocycles. The summed E-state index contributed by atoms with van der Waals surface area (Å²) in [5.74, 6) is 0.0549. The van der Waals surface area contributed by atoms with E-state index in [4.69, 9.17) is 0 Å². The number of carbonyl (C=O) groups is 1. The van der Waals surface area contributed by atoms with Crippen LogP contribution in [0.4, 0.5) is 0 Å². The number of rotatable bonds is 3. The summed E-state index contributed by atoms with van der Waals surface area (Å²) in [5, 5.41) is 9.20. The Kier molecular flexibility index (Phi) is 4.46. The third kappa shape index (κ3) is 3.51. The van der Waals surface area contributed by atoms with E-state index in [1.165, 1.54) is 6.42 Å². The van der Waals surface area contributed by atoms with Gasteiger partial charge in [0.25, 0.3) is 0 Å². The Morgan fingerprint density at radius 2 is 2.16 bits per heavy atom. The maximum absolute atomic E-state index is 12.3. The standard InChI is InChI=1S/C16H18N2O/c1-12-9-13(7-8-18-12)10-15(11-17)16(19)14-5-3-2-4-6-14/h7-10,14H,2-6H2,1H3/b15-10+. The topological polar surface area (TPSA) is 53.8 Å². The minimum absolute atomic E-state index is 0.0108. The molecule has 0 N–H and O–H groups in total. The summed E-state index contributed by atoms with van der Waals surface area (Å²) in [7, 11) is 0. The first-order chi connectivity index (χ1) is 9.20. The van der Waals surface area contributed by atoms with Crippen LogP contribution in [-0.4, -0.2) is 10.8 Å². The Morgan fingerprint density at radius 1 is 1.42 bits per heavy atom. The van der Waals surface area contributed by atoms with Crippen molar-refractivity contribution in [2.45, 2.75) is 39.0 Å². The van der Waals surface area contributed by atoms with Crippen molar-refractivity contribution in [2.24, 2.45) is 5.92 Å². The van der Waals surface area contributed by atoms with E-state index in [0.717, 1.165) is 36.9 Å². The fourth-order valence-corrected chi connectivity index (χ4v) is 2.57. The van der Waals surface area contributed by atoms with Crippen molar-refractivity contribution in [3.8, 4) is 6.07 Å². The summed E-state index contributed by atoms with van der Waals surface area (Å²) in [4.78, 5) is 16.4. The van der Waals surface area contributed by atoms with Crippen molar-refractivity contribution in [1.82, 2.24) is 4.98 Å². The summed E-state index contributed by atoms with van der Waals surface area (Å²) in [6, 6.07) is 5.76. The highest BCUT2D eigenvalue weighted by molar-refractivity contribution is 6.04. The number of ketones is 1. The summed E-state index contributed by atoms with van der Waals surface area (Å²) in [5.41, 5.74) is 2.03. The van der Waals surface area contributed by atoms with E-state index in [1.807, 2.05) is 19.1 Å². The van der Waals surface area contributed by atoms with Gasteiger partial charge in [-0.05, 0) is 43.5 Å². The van der Waals surface area contributed by atoms with Crippen LogP contribution < -0.4 is 0 Å². The minimum Gasteiger partial charge on any atom is -0.293 e. The Balaban J connectivity index is 2.19. The number of Topliss-reactive ketones (excluding diaryl/α,β-unsaturated/α-hetero) is 1. The smallest absolute Gasteiger partial charge is 0.176 e. The van der Waals surface area contributed by atoms with Gasteiger partial charge in [-0.25, -0.2) is 0 Å². The van der Waals surface area contributed by atoms with E-state index in [2.05, 4.69) is 11.1 Å². The van der Waals surface area contributed by atoms with Crippen molar-refractivity contribution in [3.63, 3.8) is 0 Å². The normalized spacial score (nSPS) is 16.9. The van der Waals surface area contributed by atoms with Gasteiger partial charge in [-0.2, -0.15) is 5.26 Å². The van der Waals surface area contributed by atoms with E-state index >= 15 is 0 Å². The zero-order valence-electron chi connectivity index (χ0n) is 11.2. The number of nitriles is 1. The van der Waals surface area contributed by atoms with Crippen molar-refractivity contribution in [2.75, 3.05) is 0 Å². The average Bonchev–Trinajstić information content (AvgIpc) is 2.45. The van der Waals surface area contributed by atoms with E-state index in [1.54, 1.807) is 12.3 Å². The number of carbonyl (C=O) groups excluding carboxylic acids is 1. The van der Waals surface area contributed by atoms with Gasteiger partial charge < -0.3 is 0 Å². The van der Waals surface area contributed by atoms with E-state index in [-0.39, 0.29) is 17.3 Å². The molecule has 1 aliphatic rings. The Labute approximate surface area is 114 Å². The maximum Gasteiger partial charge on any atom is 0.176 e. The van der Waals surface area contributed by atoms with Crippen LogP contribution in [0.25, 0.3) is 6.08 Å². The Morgan fingerprint density at radius 3 is 2.79 bits per heavy atom. The zero-order chi connectivity index (χ0) is 13.7. The number of nitrogens with zero attached hydrogens (tertiary/aromatic N) is 2. The molecule has 3 nitrogen and oxygen atoms in total. The van der Waals surface area contributed by atoms with Crippen LogP contribution in [0.3, 0.4) is 0 Å². The molecular weight excluding hydrogens is 236 g/mol. The molecule has 1 heterocycles. The molecule has 1 aliphatic carbocycles. The van der Waals surface area contributed by atoms with Gasteiger partial charge in [0.2, 0.25) is 0 Å². The number of allylic oxidation sites excluding steroid dienone is 1. The molecule has 0 atom stereocenters. The molecule has 0 radical (unpaired) electrons. The van der Waals surface area contributed by atoms with Gasteiger partial charge in [0, 0.05) is 17.8 Å². The number of pyridine rings is 1. The lowest BCUT2D eigenvalue weighted by Crippen LogP contribution is -2.18. The minimum atomic E-state index is 0.0108. The van der Waals surface area contributed by atoms with E-state index in [0.29, 0.717) is 0 Å². The molecule has 2 rings (SSSR count). The lowest BCUT2D eigenvalue weighted by molar-refractivity contribution is -0.119.